The molecule has 0 fully saturated rings. The summed E-state index contributed by atoms with van der Waals surface area (Å²) in [4.78, 5) is 24.3. The first kappa shape index (κ1) is 19.3. The number of esters is 2. The fraction of sp³-hybridized carbons (Fsp3) is 0. The number of carbonyl (C=O) groups is 2. The zero-order valence-corrected chi connectivity index (χ0v) is 15.3. The van der Waals surface area contributed by atoms with Crippen LogP contribution in [0, 0.1) is 0 Å². The van der Waals surface area contributed by atoms with Gasteiger partial charge in [0.15, 0.2) is 11.5 Å². The van der Waals surface area contributed by atoms with E-state index >= 15 is 0 Å². The smallest absolute Gasteiger partial charge is 0.343 e. The van der Waals surface area contributed by atoms with Crippen molar-refractivity contribution in [2.75, 3.05) is 0 Å². The predicted octanol–water partition coefficient (Wildman–Crippen LogP) is 2.77. The van der Waals surface area contributed by atoms with Crippen molar-refractivity contribution in [1.29, 1.82) is 0 Å². The van der Waals surface area contributed by atoms with Gasteiger partial charge in [0.05, 0.1) is 11.1 Å². The van der Waals surface area contributed by atoms with Gasteiger partial charge in [-0.05, 0) is 36.4 Å². The van der Waals surface area contributed by atoms with Crippen LogP contribution in [0.5, 0.6) is 11.5 Å². The summed E-state index contributed by atoms with van der Waals surface area (Å²) in [6, 6.07) is 19.8. The Hall–Kier alpha value is -3.49. The van der Waals surface area contributed by atoms with Gasteiger partial charge in [0.1, 0.15) is 4.90 Å². The molecule has 0 saturated carbocycles. The number of hydrogen-bond acceptors (Lipinski definition) is 6. The topological polar surface area (TPSA) is 113 Å². The summed E-state index contributed by atoms with van der Waals surface area (Å²) in [7, 11) is -4.25. The third-order valence-electron chi connectivity index (χ3n) is 3.67. The molecule has 0 atom stereocenters. The predicted molar refractivity (Wildman–Crippen MR) is 101 cm³/mol. The van der Waals surface area contributed by atoms with Gasteiger partial charge in [-0.1, -0.05) is 42.5 Å². The maximum Gasteiger partial charge on any atom is 0.343 e. The summed E-state index contributed by atoms with van der Waals surface area (Å²) < 4.78 is 34.4. The van der Waals surface area contributed by atoms with E-state index in [1.807, 2.05) is 0 Å². The van der Waals surface area contributed by atoms with E-state index in [0.29, 0.717) is 0 Å². The zero-order chi connectivity index (χ0) is 20.1. The Labute approximate surface area is 161 Å². The van der Waals surface area contributed by atoms with Gasteiger partial charge in [0.2, 0.25) is 10.0 Å². The van der Waals surface area contributed by atoms with E-state index in [2.05, 4.69) is 0 Å². The van der Waals surface area contributed by atoms with Crippen LogP contribution in [0.25, 0.3) is 0 Å². The number of carbonyl (C=O) groups excluding carboxylic acids is 2. The highest BCUT2D eigenvalue weighted by Gasteiger charge is 2.24. The van der Waals surface area contributed by atoms with Crippen molar-refractivity contribution in [2.24, 2.45) is 5.14 Å². The molecule has 0 aliphatic carbocycles. The number of hydrogen-bond donors (Lipinski definition) is 1. The number of nitrogens with two attached hydrogens (primary N) is 1. The molecule has 8 heteroatoms. The van der Waals surface area contributed by atoms with Crippen molar-refractivity contribution >= 4 is 22.0 Å². The first-order valence-corrected chi connectivity index (χ1v) is 9.61. The Morgan fingerprint density at radius 2 is 1.18 bits per heavy atom. The molecule has 0 unspecified atom stereocenters. The van der Waals surface area contributed by atoms with Crippen molar-refractivity contribution < 1.29 is 27.5 Å². The summed E-state index contributed by atoms with van der Waals surface area (Å²) >= 11 is 0. The number of rotatable bonds is 5. The molecule has 3 aromatic rings. The molecular weight excluding hydrogens is 382 g/mol. The van der Waals surface area contributed by atoms with E-state index in [9.17, 15) is 18.0 Å². The van der Waals surface area contributed by atoms with Gasteiger partial charge in [0, 0.05) is 0 Å². The van der Waals surface area contributed by atoms with E-state index in [4.69, 9.17) is 14.6 Å². The fourth-order valence-corrected chi connectivity index (χ4v) is 3.03. The molecule has 0 bridgehead atoms. The molecule has 7 nitrogen and oxygen atoms in total. The largest absolute Gasteiger partial charge is 0.419 e. The third-order valence-corrected chi connectivity index (χ3v) is 4.60. The SMILES string of the molecule is NS(=O)(=O)c1cccc(OC(=O)c2ccccc2)c1OC(=O)c1ccccc1. The molecule has 142 valence electrons. The van der Waals surface area contributed by atoms with Crippen LogP contribution in [0.3, 0.4) is 0 Å². The van der Waals surface area contributed by atoms with Crippen LogP contribution in [0.4, 0.5) is 0 Å². The summed E-state index contributed by atoms with van der Waals surface area (Å²) in [6.45, 7) is 0. The summed E-state index contributed by atoms with van der Waals surface area (Å²) in [5.41, 5.74) is 0.427. The molecule has 2 N–H and O–H groups in total. The van der Waals surface area contributed by atoms with Crippen LogP contribution < -0.4 is 14.6 Å². The second-order valence-corrected chi connectivity index (χ2v) is 7.17. The van der Waals surface area contributed by atoms with Crippen molar-refractivity contribution in [3.05, 3.63) is 90.0 Å². The van der Waals surface area contributed by atoms with Crippen LogP contribution >= 0.6 is 0 Å². The highest BCUT2D eigenvalue weighted by atomic mass is 32.2. The number of primary sulfonamides is 1. The fourth-order valence-electron chi connectivity index (χ4n) is 2.36. The maximum absolute atomic E-state index is 12.4. The van der Waals surface area contributed by atoms with Crippen LogP contribution in [0.15, 0.2) is 83.8 Å². The van der Waals surface area contributed by atoms with Crippen LogP contribution in [-0.2, 0) is 10.0 Å². The monoisotopic (exact) mass is 397 g/mol. The second-order valence-electron chi connectivity index (χ2n) is 5.64. The molecule has 0 radical (unpaired) electrons. The minimum absolute atomic E-state index is 0.187. The summed E-state index contributed by atoms with van der Waals surface area (Å²) in [5, 5.41) is 5.22. The number of para-hydroxylation sites is 1. The highest BCUT2D eigenvalue weighted by molar-refractivity contribution is 7.89. The van der Waals surface area contributed by atoms with E-state index < -0.39 is 32.6 Å². The molecule has 28 heavy (non-hydrogen) atoms. The molecular formula is C20H15NO6S. The molecule has 3 rings (SSSR count). The Kier molecular flexibility index (Phi) is 5.53. The van der Waals surface area contributed by atoms with Crippen molar-refractivity contribution in [3.8, 4) is 11.5 Å². The summed E-state index contributed by atoms with van der Waals surface area (Å²) in [5.74, 6) is -2.27. The van der Waals surface area contributed by atoms with E-state index in [0.717, 1.165) is 6.07 Å². The maximum atomic E-state index is 12.4. The van der Waals surface area contributed by atoms with Crippen LogP contribution in [-0.4, -0.2) is 20.4 Å². The highest BCUT2D eigenvalue weighted by Crippen LogP contribution is 2.35. The first-order valence-electron chi connectivity index (χ1n) is 8.06. The first-order chi connectivity index (χ1) is 13.4. The average molecular weight is 397 g/mol. The van der Waals surface area contributed by atoms with Gasteiger partial charge in [0.25, 0.3) is 0 Å². The van der Waals surface area contributed by atoms with Crippen LogP contribution in [0.2, 0.25) is 0 Å². The second kappa shape index (κ2) is 8.03. The molecule has 0 aromatic heterocycles. The Morgan fingerprint density at radius 1 is 0.679 bits per heavy atom. The van der Waals surface area contributed by atoms with Gasteiger partial charge in [-0.2, -0.15) is 0 Å². The van der Waals surface area contributed by atoms with Gasteiger partial charge < -0.3 is 9.47 Å². The minimum atomic E-state index is -4.25. The minimum Gasteiger partial charge on any atom is -0.419 e. The van der Waals surface area contributed by atoms with Crippen LogP contribution in [0.1, 0.15) is 20.7 Å². The average Bonchev–Trinajstić information content (AvgIpc) is 2.69. The van der Waals surface area contributed by atoms with Gasteiger partial charge in [-0.25, -0.2) is 23.1 Å². The van der Waals surface area contributed by atoms with Gasteiger partial charge >= 0.3 is 11.9 Å². The van der Waals surface area contributed by atoms with Crippen molar-refractivity contribution in [3.63, 3.8) is 0 Å². The lowest BCUT2D eigenvalue weighted by Gasteiger charge is -2.13. The number of sulfonamides is 1. The van der Waals surface area contributed by atoms with E-state index in [1.54, 1.807) is 36.4 Å². The zero-order valence-electron chi connectivity index (χ0n) is 14.4. The molecule has 0 spiro atoms. The van der Waals surface area contributed by atoms with Crippen molar-refractivity contribution in [2.45, 2.75) is 4.90 Å². The number of ether oxygens (including phenoxy) is 2. The lowest BCUT2D eigenvalue weighted by molar-refractivity contribution is 0.0678. The number of benzene rings is 3. The Balaban J connectivity index is 2.00. The molecule has 0 aliphatic rings. The van der Waals surface area contributed by atoms with E-state index in [1.165, 1.54) is 36.4 Å². The molecule has 0 amide bonds. The Bertz CT molecular complexity index is 1110. The molecule has 0 aliphatic heterocycles. The quantitative estimate of drug-likeness (QED) is 0.523. The molecule has 3 aromatic carbocycles. The molecule has 0 heterocycles. The standard InChI is InChI=1S/C20H15NO6S/c21-28(24,25)17-13-7-12-16(26-19(22)14-8-3-1-4-9-14)18(17)27-20(23)15-10-5-2-6-11-15/h1-13H,(H2,21,24,25). The third kappa shape index (κ3) is 4.43. The Morgan fingerprint density at radius 3 is 1.68 bits per heavy atom. The lowest BCUT2D eigenvalue weighted by atomic mass is 10.2. The van der Waals surface area contributed by atoms with Gasteiger partial charge in [-0.15, -0.1) is 0 Å². The van der Waals surface area contributed by atoms with E-state index in [-0.39, 0.29) is 16.9 Å². The summed E-state index contributed by atoms with van der Waals surface area (Å²) in [6.07, 6.45) is 0. The normalized spacial score (nSPS) is 10.9. The van der Waals surface area contributed by atoms with Gasteiger partial charge in [-0.3, -0.25) is 0 Å². The molecule has 0 saturated heterocycles. The van der Waals surface area contributed by atoms with Crippen molar-refractivity contribution in [1.82, 2.24) is 0 Å². The lowest BCUT2D eigenvalue weighted by Crippen LogP contribution is -2.18.